The Kier molecular flexibility index (Phi) is 7.96. The van der Waals surface area contributed by atoms with Crippen LogP contribution in [0.4, 0.5) is 0 Å². The second-order valence-electron chi connectivity index (χ2n) is 5.92. The van der Waals surface area contributed by atoms with Gasteiger partial charge in [0.25, 0.3) is 0 Å². The van der Waals surface area contributed by atoms with Crippen LogP contribution in [-0.4, -0.2) is 36.7 Å². The Morgan fingerprint density at radius 3 is 2.70 bits per heavy atom. The molecule has 27 heavy (non-hydrogen) atoms. The van der Waals surface area contributed by atoms with Gasteiger partial charge in [-0.05, 0) is 0 Å². The fourth-order valence-electron chi connectivity index (χ4n) is 2.43. The van der Waals surface area contributed by atoms with E-state index in [9.17, 15) is 4.79 Å². The van der Waals surface area contributed by atoms with Gasteiger partial charge < -0.3 is 0 Å². The molecule has 0 atom stereocenters. The SMILES string of the molecule is CCCCN(Sc1ccccn1)C(=O)c1ccsc1[Se]Cc1ccccc1. The van der Waals surface area contributed by atoms with Crippen LogP contribution in [0.1, 0.15) is 35.7 Å². The number of nitrogens with zero attached hydrogens (tertiary/aromatic N) is 2. The van der Waals surface area contributed by atoms with E-state index < -0.39 is 0 Å². The van der Waals surface area contributed by atoms with Crippen molar-refractivity contribution in [1.29, 1.82) is 0 Å². The third-order valence-corrected chi connectivity index (χ3v) is 8.79. The van der Waals surface area contributed by atoms with E-state index in [0.29, 0.717) is 0 Å². The minimum atomic E-state index is 0.102. The molecule has 2 aromatic heterocycles. The van der Waals surface area contributed by atoms with Crippen molar-refractivity contribution in [3.8, 4) is 0 Å². The van der Waals surface area contributed by atoms with Gasteiger partial charge in [-0.25, -0.2) is 0 Å². The van der Waals surface area contributed by atoms with E-state index in [1.807, 2.05) is 40.0 Å². The normalized spacial score (nSPS) is 10.7. The molecule has 0 aliphatic rings. The van der Waals surface area contributed by atoms with Crippen LogP contribution in [0, 0.1) is 0 Å². The first-order chi connectivity index (χ1) is 13.3. The number of pyridine rings is 1. The quantitative estimate of drug-likeness (QED) is 0.344. The summed E-state index contributed by atoms with van der Waals surface area (Å²) in [4.78, 5) is 17.6. The predicted molar refractivity (Wildman–Crippen MR) is 116 cm³/mol. The average molecular weight is 462 g/mol. The number of unbranched alkanes of at least 4 members (excludes halogenated alkanes) is 1. The van der Waals surface area contributed by atoms with E-state index in [0.717, 1.165) is 35.3 Å². The number of aromatic nitrogens is 1. The van der Waals surface area contributed by atoms with Crippen molar-refractivity contribution in [3.05, 3.63) is 77.3 Å². The summed E-state index contributed by atoms with van der Waals surface area (Å²) in [5.74, 6) is 0.102. The maximum absolute atomic E-state index is 13.2. The van der Waals surface area contributed by atoms with Gasteiger partial charge in [0.1, 0.15) is 0 Å². The first-order valence-corrected chi connectivity index (χ1v) is 12.6. The zero-order chi connectivity index (χ0) is 18.9. The van der Waals surface area contributed by atoms with Crippen LogP contribution in [0.2, 0.25) is 0 Å². The summed E-state index contributed by atoms with van der Waals surface area (Å²) in [7, 11) is 0. The van der Waals surface area contributed by atoms with Crippen LogP contribution in [0.25, 0.3) is 0 Å². The maximum atomic E-state index is 13.2. The Bertz CT molecular complexity index is 840. The molecule has 0 radical (unpaired) electrons. The summed E-state index contributed by atoms with van der Waals surface area (Å²) in [6, 6.07) is 18.3. The number of amides is 1. The zero-order valence-electron chi connectivity index (χ0n) is 15.2. The topological polar surface area (TPSA) is 33.2 Å². The van der Waals surface area contributed by atoms with Gasteiger partial charge >= 0.3 is 176 Å². The average Bonchev–Trinajstić information content (AvgIpc) is 3.19. The second kappa shape index (κ2) is 10.7. The Morgan fingerprint density at radius 1 is 1.15 bits per heavy atom. The van der Waals surface area contributed by atoms with Crippen molar-refractivity contribution in [2.24, 2.45) is 0 Å². The Hall–Kier alpha value is -1.59. The molecule has 0 saturated heterocycles. The molecule has 0 spiro atoms. The van der Waals surface area contributed by atoms with Crippen LogP contribution in [0.15, 0.2) is 71.2 Å². The monoisotopic (exact) mass is 462 g/mol. The van der Waals surface area contributed by atoms with E-state index in [1.165, 1.54) is 21.3 Å². The number of hydrogen-bond acceptors (Lipinski definition) is 4. The number of hydrogen-bond donors (Lipinski definition) is 0. The van der Waals surface area contributed by atoms with Crippen molar-refractivity contribution < 1.29 is 4.79 Å². The van der Waals surface area contributed by atoms with Gasteiger partial charge in [-0.3, -0.25) is 0 Å². The van der Waals surface area contributed by atoms with Crippen molar-refractivity contribution in [3.63, 3.8) is 0 Å². The van der Waals surface area contributed by atoms with Crippen molar-refractivity contribution in [1.82, 2.24) is 9.29 Å². The summed E-state index contributed by atoms with van der Waals surface area (Å²) in [5, 5.41) is 3.91. The molecule has 0 aliphatic heterocycles. The molecule has 140 valence electrons. The van der Waals surface area contributed by atoms with Gasteiger partial charge in [-0.1, -0.05) is 0 Å². The molecule has 0 saturated carbocycles. The molecule has 6 heteroatoms. The van der Waals surface area contributed by atoms with Gasteiger partial charge in [0.15, 0.2) is 0 Å². The van der Waals surface area contributed by atoms with E-state index in [2.05, 4.69) is 36.2 Å². The Morgan fingerprint density at radius 2 is 1.96 bits per heavy atom. The molecular formula is C21H22N2OS2Se. The number of carbonyl (C=O) groups is 1. The number of thiophene rings is 1. The van der Waals surface area contributed by atoms with Crippen LogP contribution in [0.5, 0.6) is 0 Å². The van der Waals surface area contributed by atoms with Gasteiger partial charge in [0.05, 0.1) is 0 Å². The first kappa shape index (κ1) is 20.2. The van der Waals surface area contributed by atoms with E-state index in [-0.39, 0.29) is 20.9 Å². The van der Waals surface area contributed by atoms with E-state index >= 15 is 0 Å². The molecule has 0 aliphatic carbocycles. The third-order valence-electron chi connectivity index (χ3n) is 3.86. The molecule has 3 rings (SSSR count). The molecule has 3 aromatic rings. The second-order valence-corrected chi connectivity index (χ2v) is 10.5. The van der Waals surface area contributed by atoms with E-state index in [1.54, 1.807) is 17.5 Å². The van der Waals surface area contributed by atoms with Crippen LogP contribution < -0.4 is 3.78 Å². The molecule has 3 nitrogen and oxygen atoms in total. The van der Waals surface area contributed by atoms with Crippen LogP contribution in [-0.2, 0) is 5.32 Å². The van der Waals surface area contributed by atoms with Crippen molar-refractivity contribution in [2.45, 2.75) is 30.1 Å². The molecule has 1 aromatic carbocycles. The van der Waals surface area contributed by atoms with E-state index in [4.69, 9.17) is 0 Å². The summed E-state index contributed by atoms with van der Waals surface area (Å²) in [6.45, 7) is 2.88. The third kappa shape index (κ3) is 5.94. The molecule has 0 fully saturated rings. The van der Waals surface area contributed by atoms with Crippen LogP contribution >= 0.6 is 23.3 Å². The first-order valence-electron chi connectivity index (χ1n) is 8.93. The number of carbonyl (C=O) groups excluding carboxylic acids is 1. The van der Waals surface area contributed by atoms with Crippen molar-refractivity contribution in [2.75, 3.05) is 6.54 Å². The van der Waals surface area contributed by atoms with Gasteiger partial charge in [0, 0.05) is 0 Å². The molecule has 0 unspecified atom stereocenters. The summed E-state index contributed by atoms with van der Waals surface area (Å²) < 4.78 is 3.09. The molecule has 2 heterocycles. The number of benzene rings is 1. The molecular weight excluding hydrogens is 439 g/mol. The summed E-state index contributed by atoms with van der Waals surface area (Å²) >= 11 is 3.40. The Labute approximate surface area is 175 Å². The summed E-state index contributed by atoms with van der Waals surface area (Å²) in [5.41, 5.74) is 2.19. The van der Waals surface area contributed by atoms with Crippen LogP contribution in [0.3, 0.4) is 0 Å². The van der Waals surface area contributed by atoms with Crippen molar-refractivity contribution >= 4 is 47.9 Å². The molecule has 0 bridgehead atoms. The Balaban J connectivity index is 1.72. The fraction of sp³-hybridized carbons (Fsp3) is 0.238. The zero-order valence-corrected chi connectivity index (χ0v) is 18.6. The van der Waals surface area contributed by atoms with Gasteiger partial charge in [0.2, 0.25) is 0 Å². The standard InChI is InChI=1S/C21H22N2OS2Se/c1-2-3-14-23(26-19-11-7-8-13-22-19)20(24)18-12-15-25-21(18)27-16-17-9-5-4-6-10-17/h4-13,15H,2-3,14,16H2,1H3. The number of rotatable bonds is 9. The predicted octanol–water partition coefficient (Wildman–Crippen LogP) is 4.62. The summed E-state index contributed by atoms with van der Waals surface area (Å²) in [6.07, 6.45) is 3.81. The van der Waals surface area contributed by atoms with Gasteiger partial charge in [-0.2, -0.15) is 0 Å². The minimum absolute atomic E-state index is 0.102. The fourth-order valence-corrected chi connectivity index (χ4v) is 6.75. The van der Waals surface area contributed by atoms with Gasteiger partial charge in [-0.15, -0.1) is 0 Å². The molecule has 1 amide bonds. The molecule has 0 N–H and O–H groups in total.